The van der Waals surface area contributed by atoms with Crippen LogP contribution in [0.3, 0.4) is 0 Å². The van der Waals surface area contributed by atoms with E-state index in [1.807, 2.05) is 19.2 Å². The maximum Gasteiger partial charge on any atom is 0.198 e. The van der Waals surface area contributed by atoms with Gasteiger partial charge in [0, 0.05) is 31.4 Å². The Morgan fingerprint density at radius 2 is 1.89 bits per heavy atom. The van der Waals surface area contributed by atoms with Crippen molar-refractivity contribution in [1.82, 2.24) is 10.2 Å². The number of para-hydroxylation sites is 2. The van der Waals surface area contributed by atoms with E-state index in [1.54, 1.807) is 7.11 Å². The van der Waals surface area contributed by atoms with E-state index in [0.717, 1.165) is 31.2 Å². The standard InChI is InChI=1S/C21H28N4O.HI/c1-22-21(25-14-13-16-9-5-7-11-18(16)25)23-15-19(24(2)3)17-10-6-8-12-20(17)26-4;/h5-12,19H,13-15H2,1-4H3,(H,22,23);1H. The van der Waals surface area contributed by atoms with E-state index in [1.165, 1.54) is 16.8 Å². The Hall–Kier alpha value is -1.80. The number of nitrogens with zero attached hydrogens (tertiary/aromatic N) is 3. The number of aliphatic imine (C=N–C) groups is 1. The number of rotatable bonds is 5. The van der Waals surface area contributed by atoms with Crippen molar-refractivity contribution >= 4 is 35.6 Å². The summed E-state index contributed by atoms with van der Waals surface area (Å²) in [6, 6.07) is 16.9. The Kier molecular flexibility index (Phi) is 7.91. The van der Waals surface area contributed by atoms with Crippen molar-refractivity contribution < 1.29 is 4.74 Å². The van der Waals surface area contributed by atoms with Gasteiger partial charge in [-0.05, 0) is 38.2 Å². The largest absolute Gasteiger partial charge is 0.496 e. The third kappa shape index (κ3) is 4.73. The molecule has 0 radical (unpaired) electrons. The van der Waals surface area contributed by atoms with E-state index in [4.69, 9.17) is 4.74 Å². The molecule has 0 aliphatic carbocycles. The first-order chi connectivity index (χ1) is 12.7. The van der Waals surface area contributed by atoms with Crippen LogP contribution >= 0.6 is 24.0 Å². The van der Waals surface area contributed by atoms with Crippen molar-refractivity contribution in [3.63, 3.8) is 0 Å². The smallest absolute Gasteiger partial charge is 0.198 e. The molecule has 1 atom stereocenters. The number of fused-ring (bicyclic) bond motifs is 1. The fourth-order valence-corrected chi connectivity index (χ4v) is 3.55. The van der Waals surface area contributed by atoms with Crippen molar-refractivity contribution in [3.8, 4) is 5.75 Å². The van der Waals surface area contributed by atoms with E-state index in [2.05, 4.69) is 70.6 Å². The monoisotopic (exact) mass is 480 g/mol. The van der Waals surface area contributed by atoms with Crippen LogP contribution in [-0.4, -0.2) is 52.2 Å². The average molecular weight is 480 g/mol. The van der Waals surface area contributed by atoms with Gasteiger partial charge in [0.1, 0.15) is 5.75 Å². The Labute approximate surface area is 179 Å². The molecule has 0 saturated carbocycles. The summed E-state index contributed by atoms with van der Waals surface area (Å²) in [5.74, 6) is 1.83. The highest BCUT2D eigenvalue weighted by Gasteiger charge is 2.24. The number of guanidine groups is 1. The molecule has 1 heterocycles. The van der Waals surface area contributed by atoms with Crippen LogP contribution < -0.4 is 15.0 Å². The number of halogens is 1. The summed E-state index contributed by atoms with van der Waals surface area (Å²) in [5, 5.41) is 3.56. The molecule has 1 aliphatic rings. The number of hydrogen-bond acceptors (Lipinski definition) is 3. The maximum atomic E-state index is 5.56. The predicted octanol–water partition coefficient (Wildman–Crippen LogP) is 3.55. The minimum absolute atomic E-state index is 0. The lowest BCUT2D eigenvalue weighted by Gasteiger charge is -2.29. The minimum atomic E-state index is 0. The van der Waals surface area contributed by atoms with E-state index in [9.17, 15) is 0 Å². The van der Waals surface area contributed by atoms with Crippen molar-refractivity contribution in [2.45, 2.75) is 12.5 Å². The molecule has 0 amide bonds. The van der Waals surface area contributed by atoms with Gasteiger partial charge in [0.05, 0.1) is 13.2 Å². The molecule has 0 fully saturated rings. The van der Waals surface area contributed by atoms with E-state index >= 15 is 0 Å². The summed E-state index contributed by atoms with van der Waals surface area (Å²) in [7, 11) is 7.75. The molecule has 2 aromatic rings. The normalized spacial score (nSPS) is 14.6. The van der Waals surface area contributed by atoms with E-state index in [-0.39, 0.29) is 30.0 Å². The summed E-state index contributed by atoms with van der Waals surface area (Å²) in [6.07, 6.45) is 1.06. The lowest BCUT2D eigenvalue weighted by atomic mass is 10.0. The lowest BCUT2D eigenvalue weighted by molar-refractivity contribution is 0.288. The maximum absolute atomic E-state index is 5.56. The van der Waals surface area contributed by atoms with E-state index in [0.29, 0.717) is 0 Å². The second-order valence-electron chi connectivity index (χ2n) is 6.68. The summed E-state index contributed by atoms with van der Waals surface area (Å²) in [4.78, 5) is 8.99. The zero-order valence-electron chi connectivity index (χ0n) is 16.5. The summed E-state index contributed by atoms with van der Waals surface area (Å²) < 4.78 is 5.56. The van der Waals surface area contributed by atoms with Crippen LogP contribution in [0.2, 0.25) is 0 Å². The molecule has 146 valence electrons. The molecular weight excluding hydrogens is 451 g/mol. The lowest BCUT2D eigenvalue weighted by Crippen LogP contribution is -2.44. The SMILES string of the molecule is CN=C(NCC(c1ccccc1OC)N(C)C)N1CCc2ccccc21.I. The molecule has 1 unspecified atom stereocenters. The second-order valence-corrected chi connectivity index (χ2v) is 6.68. The second kappa shape index (κ2) is 9.94. The molecule has 2 aromatic carbocycles. The van der Waals surface area contributed by atoms with Crippen molar-refractivity contribution in [1.29, 1.82) is 0 Å². The number of anilines is 1. The van der Waals surface area contributed by atoms with Gasteiger partial charge in [-0.25, -0.2) is 0 Å². The number of methoxy groups -OCH3 is 1. The van der Waals surface area contributed by atoms with Gasteiger partial charge >= 0.3 is 0 Å². The van der Waals surface area contributed by atoms with Gasteiger partial charge in [0.2, 0.25) is 0 Å². The number of ether oxygens (including phenoxy) is 1. The molecule has 1 aliphatic heterocycles. The van der Waals surface area contributed by atoms with Crippen LogP contribution in [0.5, 0.6) is 5.75 Å². The third-order valence-corrected chi connectivity index (χ3v) is 4.93. The molecule has 1 N–H and O–H groups in total. The minimum Gasteiger partial charge on any atom is -0.496 e. The quantitative estimate of drug-likeness (QED) is 0.404. The molecule has 0 aromatic heterocycles. The van der Waals surface area contributed by atoms with Crippen LogP contribution in [0.25, 0.3) is 0 Å². The number of likely N-dealkylation sites (N-methyl/N-ethyl adjacent to an activating group) is 1. The highest BCUT2D eigenvalue weighted by atomic mass is 127. The Morgan fingerprint density at radius 3 is 2.59 bits per heavy atom. The fraction of sp³-hybridized carbons (Fsp3) is 0.381. The van der Waals surface area contributed by atoms with Gasteiger partial charge < -0.3 is 19.9 Å². The van der Waals surface area contributed by atoms with E-state index < -0.39 is 0 Å². The molecule has 5 nitrogen and oxygen atoms in total. The van der Waals surface area contributed by atoms with Gasteiger partial charge in [-0.2, -0.15) is 0 Å². The highest BCUT2D eigenvalue weighted by Crippen LogP contribution is 2.29. The van der Waals surface area contributed by atoms with Crippen molar-refractivity contribution in [3.05, 3.63) is 59.7 Å². The summed E-state index contributed by atoms with van der Waals surface area (Å²) in [5.41, 5.74) is 3.80. The summed E-state index contributed by atoms with van der Waals surface area (Å²) in [6.45, 7) is 1.71. The van der Waals surface area contributed by atoms with Gasteiger partial charge in [-0.15, -0.1) is 24.0 Å². The van der Waals surface area contributed by atoms with Crippen LogP contribution in [-0.2, 0) is 6.42 Å². The molecule has 0 bridgehead atoms. The number of benzene rings is 2. The Morgan fingerprint density at radius 1 is 1.19 bits per heavy atom. The van der Waals surface area contributed by atoms with Crippen LogP contribution in [0.1, 0.15) is 17.2 Å². The molecule has 0 saturated heterocycles. The zero-order chi connectivity index (χ0) is 18.5. The van der Waals surface area contributed by atoms with Gasteiger partial charge in [-0.1, -0.05) is 36.4 Å². The predicted molar refractivity (Wildman–Crippen MR) is 124 cm³/mol. The Balaban J connectivity index is 0.00000261. The van der Waals surface area contributed by atoms with Crippen molar-refractivity contribution in [2.24, 2.45) is 4.99 Å². The fourth-order valence-electron chi connectivity index (χ4n) is 3.55. The summed E-state index contributed by atoms with van der Waals surface area (Å²) >= 11 is 0. The van der Waals surface area contributed by atoms with Gasteiger partial charge in [0.25, 0.3) is 0 Å². The first kappa shape index (κ1) is 21.5. The third-order valence-electron chi connectivity index (χ3n) is 4.93. The first-order valence-corrected chi connectivity index (χ1v) is 9.01. The van der Waals surface area contributed by atoms with Crippen LogP contribution in [0.4, 0.5) is 5.69 Å². The van der Waals surface area contributed by atoms with Crippen LogP contribution in [0, 0.1) is 0 Å². The van der Waals surface area contributed by atoms with Gasteiger partial charge in [-0.3, -0.25) is 4.99 Å². The van der Waals surface area contributed by atoms with Gasteiger partial charge in [0.15, 0.2) is 5.96 Å². The molecule has 6 heteroatoms. The van der Waals surface area contributed by atoms with Crippen LogP contribution in [0.15, 0.2) is 53.5 Å². The first-order valence-electron chi connectivity index (χ1n) is 9.01. The molecule has 27 heavy (non-hydrogen) atoms. The molecule has 3 rings (SSSR count). The molecule has 0 spiro atoms. The molecular formula is C21H29IN4O. The Bertz CT molecular complexity index is 778. The number of hydrogen-bond donors (Lipinski definition) is 1. The van der Waals surface area contributed by atoms with Crippen molar-refractivity contribution in [2.75, 3.05) is 46.2 Å². The number of nitrogens with one attached hydrogen (secondary N) is 1. The average Bonchev–Trinajstić information content (AvgIpc) is 3.09. The zero-order valence-corrected chi connectivity index (χ0v) is 18.8. The highest BCUT2D eigenvalue weighted by molar-refractivity contribution is 14.0. The topological polar surface area (TPSA) is 40.1 Å².